The van der Waals surface area contributed by atoms with Gasteiger partial charge in [-0.2, -0.15) is 5.10 Å². The van der Waals surface area contributed by atoms with Crippen molar-refractivity contribution in [3.05, 3.63) is 90.3 Å². The highest BCUT2D eigenvalue weighted by Gasteiger charge is 2.19. The second-order valence-corrected chi connectivity index (χ2v) is 4.82. The van der Waals surface area contributed by atoms with Crippen LogP contribution in [-0.2, 0) is 6.54 Å². The summed E-state index contributed by atoms with van der Waals surface area (Å²) in [5, 5.41) is 7.72. The number of aromatic nitrogens is 2. The molecule has 0 spiro atoms. The zero-order chi connectivity index (χ0) is 15.2. The summed E-state index contributed by atoms with van der Waals surface area (Å²) in [6, 6.07) is 22.9. The van der Waals surface area contributed by atoms with Crippen LogP contribution in [0.5, 0.6) is 0 Å². The van der Waals surface area contributed by atoms with Crippen molar-refractivity contribution < 1.29 is 4.79 Å². The summed E-state index contributed by atoms with van der Waals surface area (Å²) in [4.78, 5) is 14.5. The number of hydrogen-bond donors (Lipinski definition) is 0. The van der Waals surface area contributed by atoms with Crippen LogP contribution in [0.25, 0.3) is 0 Å². The Morgan fingerprint density at radius 1 is 0.864 bits per heavy atom. The third-order valence-electron chi connectivity index (χ3n) is 3.29. The molecule has 0 radical (unpaired) electrons. The van der Waals surface area contributed by atoms with Gasteiger partial charge in [0.2, 0.25) is 0 Å². The van der Waals surface area contributed by atoms with Crippen molar-refractivity contribution in [2.24, 2.45) is 0 Å². The molecular weight excluding hydrogens is 274 g/mol. The van der Waals surface area contributed by atoms with Gasteiger partial charge >= 0.3 is 0 Å². The molecule has 0 aliphatic heterocycles. The first-order chi connectivity index (χ1) is 10.8. The standard InChI is InChI=1S/C18H15N3O/c22-18(17-12-7-13-19-20-17)21(16-10-5-2-6-11-16)14-15-8-3-1-4-9-15/h1-13H,14H2. The number of amides is 1. The number of hydrogen-bond acceptors (Lipinski definition) is 3. The van der Waals surface area contributed by atoms with Crippen molar-refractivity contribution in [2.45, 2.75) is 6.54 Å². The first kappa shape index (κ1) is 13.9. The summed E-state index contributed by atoms with van der Waals surface area (Å²) in [6.45, 7) is 0.486. The van der Waals surface area contributed by atoms with Crippen molar-refractivity contribution in [1.82, 2.24) is 10.2 Å². The van der Waals surface area contributed by atoms with E-state index in [0.29, 0.717) is 12.2 Å². The molecule has 2 aromatic carbocycles. The summed E-state index contributed by atoms with van der Waals surface area (Å²) in [6.07, 6.45) is 1.56. The number of carbonyl (C=O) groups is 1. The quantitative estimate of drug-likeness (QED) is 0.740. The molecular formula is C18H15N3O. The topological polar surface area (TPSA) is 46.1 Å². The van der Waals surface area contributed by atoms with E-state index in [1.165, 1.54) is 0 Å². The smallest absolute Gasteiger partial charge is 0.279 e. The molecule has 0 N–H and O–H groups in total. The largest absolute Gasteiger partial charge is 0.303 e. The van der Waals surface area contributed by atoms with Gasteiger partial charge in [-0.3, -0.25) is 4.79 Å². The molecule has 0 unspecified atom stereocenters. The molecule has 0 fully saturated rings. The Balaban J connectivity index is 1.95. The van der Waals surface area contributed by atoms with Crippen molar-refractivity contribution in [1.29, 1.82) is 0 Å². The highest BCUT2D eigenvalue weighted by atomic mass is 16.2. The first-order valence-corrected chi connectivity index (χ1v) is 7.03. The van der Waals surface area contributed by atoms with Crippen LogP contribution in [0.2, 0.25) is 0 Å². The van der Waals surface area contributed by atoms with Crippen molar-refractivity contribution in [3.63, 3.8) is 0 Å². The van der Waals surface area contributed by atoms with Gasteiger partial charge in [-0.25, -0.2) is 0 Å². The minimum atomic E-state index is -0.164. The van der Waals surface area contributed by atoms with Gasteiger partial charge in [-0.15, -0.1) is 5.10 Å². The second-order valence-electron chi connectivity index (χ2n) is 4.82. The number of nitrogens with zero attached hydrogens (tertiary/aromatic N) is 3. The fourth-order valence-electron chi connectivity index (χ4n) is 2.21. The summed E-state index contributed by atoms with van der Waals surface area (Å²) in [5.41, 5.74) is 2.23. The summed E-state index contributed by atoms with van der Waals surface area (Å²) < 4.78 is 0. The summed E-state index contributed by atoms with van der Waals surface area (Å²) in [7, 11) is 0. The molecule has 0 bridgehead atoms. The van der Waals surface area contributed by atoms with Crippen LogP contribution < -0.4 is 4.90 Å². The zero-order valence-corrected chi connectivity index (χ0v) is 12.0. The number of para-hydroxylation sites is 1. The summed E-state index contributed by atoms with van der Waals surface area (Å²) >= 11 is 0. The zero-order valence-electron chi connectivity index (χ0n) is 12.0. The molecule has 3 aromatic rings. The van der Waals surface area contributed by atoms with E-state index in [-0.39, 0.29) is 5.91 Å². The number of carbonyl (C=O) groups excluding carboxylic acids is 1. The fraction of sp³-hybridized carbons (Fsp3) is 0.0556. The van der Waals surface area contributed by atoms with Gasteiger partial charge < -0.3 is 4.90 Å². The van der Waals surface area contributed by atoms with Crippen LogP contribution in [0.15, 0.2) is 79.0 Å². The van der Waals surface area contributed by atoms with Gasteiger partial charge in [0.15, 0.2) is 5.69 Å². The van der Waals surface area contributed by atoms with Crippen LogP contribution in [-0.4, -0.2) is 16.1 Å². The highest BCUT2D eigenvalue weighted by Crippen LogP contribution is 2.19. The molecule has 22 heavy (non-hydrogen) atoms. The lowest BCUT2D eigenvalue weighted by atomic mass is 10.2. The molecule has 0 atom stereocenters. The predicted octanol–water partition coefficient (Wildman–Crippen LogP) is 3.32. The molecule has 3 rings (SSSR count). The highest BCUT2D eigenvalue weighted by molar-refractivity contribution is 6.04. The van der Waals surface area contributed by atoms with Gasteiger partial charge in [0.25, 0.3) is 5.91 Å². The van der Waals surface area contributed by atoms with E-state index in [9.17, 15) is 4.79 Å². The molecule has 1 amide bonds. The lowest BCUT2D eigenvalue weighted by Gasteiger charge is -2.22. The lowest BCUT2D eigenvalue weighted by Crippen LogP contribution is -2.31. The summed E-state index contributed by atoms with van der Waals surface area (Å²) in [5.74, 6) is -0.164. The predicted molar refractivity (Wildman–Crippen MR) is 85.4 cm³/mol. The van der Waals surface area contributed by atoms with E-state index in [1.807, 2.05) is 60.7 Å². The third-order valence-corrected chi connectivity index (χ3v) is 3.29. The van der Waals surface area contributed by atoms with Crippen LogP contribution in [0.3, 0.4) is 0 Å². The Hall–Kier alpha value is -3.01. The molecule has 108 valence electrons. The molecule has 0 aliphatic carbocycles. The molecule has 4 heteroatoms. The van der Waals surface area contributed by atoms with E-state index in [2.05, 4.69) is 10.2 Å². The third kappa shape index (κ3) is 3.17. The normalized spacial score (nSPS) is 10.2. The maximum absolute atomic E-state index is 12.8. The minimum Gasteiger partial charge on any atom is -0.303 e. The van der Waals surface area contributed by atoms with E-state index in [0.717, 1.165) is 11.3 Å². The number of rotatable bonds is 4. The number of anilines is 1. The maximum Gasteiger partial charge on any atom is 0.279 e. The van der Waals surface area contributed by atoms with Gasteiger partial charge in [-0.1, -0.05) is 48.5 Å². The van der Waals surface area contributed by atoms with Crippen LogP contribution in [0.1, 0.15) is 16.1 Å². The van der Waals surface area contributed by atoms with E-state index >= 15 is 0 Å². The molecule has 0 saturated carbocycles. The molecule has 4 nitrogen and oxygen atoms in total. The molecule has 1 aromatic heterocycles. The van der Waals surface area contributed by atoms with Gasteiger partial charge in [-0.05, 0) is 29.8 Å². The van der Waals surface area contributed by atoms with Crippen LogP contribution in [0.4, 0.5) is 5.69 Å². The lowest BCUT2D eigenvalue weighted by molar-refractivity contribution is 0.0979. The Morgan fingerprint density at radius 2 is 1.55 bits per heavy atom. The maximum atomic E-state index is 12.8. The Morgan fingerprint density at radius 3 is 2.18 bits per heavy atom. The van der Waals surface area contributed by atoms with Crippen LogP contribution >= 0.6 is 0 Å². The van der Waals surface area contributed by atoms with Crippen molar-refractivity contribution in [2.75, 3.05) is 4.90 Å². The van der Waals surface area contributed by atoms with E-state index in [4.69, 9.17) is 0 Å². The first-order valence-electron chi connectivity index (χ1n) is 7.03. The monoisotopic (exact) mass is 289 g/mol. The van der Waals surface area contributed by atoms with Gasteiger partial charge in [0.05, 0.1) is 6.54 Å². The average Bonchev–Trinajstić information content (AvgIpc) is 2.61. The molecule has 0 aliphatic rings. The SMILES string of the molecule is O=C(c1cccnn1)N(Cc1ccccc1)c1ccccc1. The minimum absolute atomic E-state index is 0.164. The van der Waals surface area contributed by atoms with Gasteiger partial charge in [0.1, 0.15) is 0 Å². The Bertz CT molecular complexity index is 730. The van der Waals surface area contributed by atoms with Gasteiger partial charge in [0, 0.05) is 11.9 Å². The average molecular weight is 289 g/mol. The second kappa shape index (κ2) is 6.63. The number of benzene rings is 2. The van der Waals surface area contributed by atoms with Crippen LogP contribution in [0, 0.1) is 0 Å². The Labute approximate surface area is 129 Å². The molecule has 0 saturated heterocycles. The fourth-order valence-corrected chi connectivity index (χ4v) is 2.21. The van der Waals surface area contributed by atoms with E-state index < -0.39 is 0 Å². The Kier molecular flexibility index (Phi) is 4.20. The van der Waals surface area contributed by atoms with E-state index in [1.54, 1.807) is 23.2 Å². The van der Waals surface area contributed by atoms with Crippen molar-refractivity contribution >= 4 is 11.6 Å². The van der Waals surface area contributed by atoms with Crippen molar-refractivity contribution in [3.8, 4) is 0 Å². The molecule has 1 heterocycles.